The summed E-state index contributed by atoms with van der Waals surface area (Å²) < 4.78 is 0. The van der Waals surface area contributed by atoms with Gasteiger partial charge in [0, 0.05) is 51.3 Å². The monoisotopic (exact) mass is 200 g/mol. The van der Waals surface area contributed by atoms with Crippen molar-refractivity contribution in [3.8, 4) is 0 Å². The van der Waals surface area contributed by atoms with E-state index in [4.69, 9.17) is 0 Å². The van der Waals surface area contributed by atoms with Crippen LogP contribution in [0, 0.1) is 41.7 Å². The van der Waals surface area contributed by atoms with Crippen LogP contribution in [0.1, 0.15) is 0 Å². The molecule has 0 radical (unpaired) electrons. The minimum Gasteiger partial charge on any atom is -0.0750 e. The third-order valence-electron chi connectivity index (χ3n) is 0. The van der Waals surface area contributed by atoms with Crippen LogP contribution in [0.2, 0.25) is 13.1 Å². The summed E-state index contributed by atoms with van der Waals surface area (Å²) in [5, 5.41) is 0. The Labute approximate surface area is 63.6 Å². The quantitative estimate of drug-likeness (QED) is 0.492. The zero-order valence-corrected chi connectivity index (χ0v) is 7.76. The minimum atomic E-state index is 0. The van der Waals surface area contributed by atoms with E-state index in [1.807, 2.05) is 0 Å². The first-order valence-electron chi connectivity index (χ1n) is 1.41. The summed E-state index contributed by atoms with van der Waals surface area (Å²) in [6, 6.07) is 0. The summed E-state index contributed by atoms with van der Waals surface area (Å²) in [6.07, 6.45) is 0. The van der Waals surface area contributed by atoms with Gasteiger partial charge < -0.3 is 0 Å². The van der Waals surface area contributed by atoms with E-state index in [1.165, 1.54) is 0 Å². The van der Waals surface area contributed by atoms with Crippen LogP contribution in [-0.2, 0) is 0 Å². The largest absolute Gasteiger partial charge is 0.0750 e. The predicted octanol–water partition coefficient (Wildman–Crippen LogP) is 0.251. The molecule has 0 aromatic rings. The molecule has 24 valence electrons. The van der Waals surface area contributed by atoms with Crippen molar-refractivity contribution in [2.45, 2.75) is 13.1 Å². The molecule has 0 heterocycles. The standard InChI is InChI=1S/C2H8Si.Ce/c1-3-2;/h3H2,1-2H3;. The smallest absolute Gasteiger partial charge is 0.0135 e. The van der Waals surface area contributed by atoms with E-state index >= 15 is 0 Å². The maximum Gasteiger partial charge on any atom is 0.0135 e. The molecule has 0 spiro atoms. The van der Waals surface area contributed by atoms with E-state index in [0.717, 1.165) is 0 Å². The van der Waals surface area contributed by atoms with Gasteiger partial charge in [0.15, 0.2) is 0 Å². The molecule has 0 N–H and O–H groups in total. The number of rotatable bonds is 0. The first kappa shape index (κ1) is 9.14. The first-order valence-corrected chi connectivity index (χ1v) is 4.24. The van der Waals surface area contributed by atoms with Crippen molar-refractivity contribution in [1.29, 1.82) is 0 Å². The fourth-order valence-electron chi connectivity index (χ4n) is 0. The summed E-state index contributed by atoms with van der Waals surface area (Å²) in [7, 11) is 0.417. The third kappa shape index (κ3) is 9.52. The molecule has 4 heavy (non-hydrogen) atoms. The SMILES string of the molecule is C[SiH2]C.[Ce]. The molecular weight excluding hydrogens is 192 g/mol. The van der Waals surface area contributed by atoms with Crippen molar-refractivity contribution in [2.24, 2.45) is 0 Å². The number of hydrogen-bond acceptors (Lipinski definition) is 0. The molecule has 0 fully saturated rings. The van der Waals surface area contributed by atoms with Crippen molar-refractivity contribution < 1.29 is 41.7 Å². The normalized spacial score (nSPS) is 4.50. The Morgan fingerprint density at radius 2 is 1.25 bits per heavy atom. The Balaban J connectivity index is 0. The van der Waals surface area contributed by atoms with Crippen LogP contribution in [0.25, 0.3) is 0 Å². The first-order chi connectivity index (χ1) is 1.41. The zero-order valence-electron chi connectivity index (χ0n) is 3.21. The van der Waals surface area contributed by atoms with E-state index in [2.05, 4.69) is 13.1 Å². The van der Waals surface area contributed by atoms with Gasteiger partial charge in [-0.05, 0) is 0 Å². The Kier molecular flexibility index (Phi) is 20.2. The van der Waals surface area contributed by atoms with Crippen LogP contribution in [0.3, 0.4) is 0 Å². The van der Waals surface area contributed by atoms with E-state index in [0.29, 0.717) is 9.52 Å². The molecule has 0 amide bonds. The van der Waals surface area contributed by atoms with E-state index in [1.54, 1.807) is 0 Å². The predicted molar refractivity (Wildman–Crippen MR) is 20.3 cm³/mol. The molecular formula is C2H8CeSi. The van der Waals surface area contributed by atoms with Crippen LogP contribution in [0.5, 0.6) is 0 Å². The van der Waals surface area contributed by atoms with Crippen molar-refractivity contribution >= 4 is 9.52 Å². The maximum absolute atomic E-state index is 2.26. The van der Waals surface area contributed by atoms with Gasteiger partial charge in [-0.15, -0.1) is 0 Å². The Morgan fingerprint density at radius 1 is 1.25 bits per heavy atom. The second kappa shape index (κ2) is 8.82. The molecule has 0 bridgehead atoms. The van der Waals surface area contributed by atoms with Crippen molar-refractivity contribution in [3.05, 3.63) is 0 Å². The fraction of sp³-hybridized carbons (Fsp3) is 1.00. The van der Waals surface area contributed by atoms with Gasteiger partial charge in [-0.3, -0.25) is 0 Å². The van der Waals surface area contributed by atoms with Gasteiger partial charge in [-0.1, -0.05) is 13.1 Å². The third-order valence-corrected chi connectivity index (χ3v) is 0. The fourth-order valence-corrected chi connectivity index (χ4v) is 0. The van der Waals surface area contributed by atoms with Crippen LogP contribution in [-0.4, -0.2) is 9.52 Å². The summed E-state index contributed by atoms with van der Waals surface area (Å²) in [4.78, 5) is 0. The molecule has 0 aliphatic rings. The Hall–Kier alpha value is 1.59. The second-order valence-corrected chi connectivity index (χ2v) is 2.12. The van der Waals surface area contributed by atoms with Crippen LogP contribution in [0.15, 0.2) is 0 Å². The summed E-state index contributed by atoms with van der Waals surface area (Å²) >= 11 is 0. The van der Waals surface area contributed by atoms with E-state index in [-0.39, 0.29) is 41.7 Å². The maximum atomic E-state index is 2.26. The van der Waals surface area contributed by atoms with Crippen molar-refractivity contribution in [1.82, 2.24) is 0 Å². The molecule has 0 nitrogen and oxygen atoms in total. The summed E-state index contributed by atoms with van der Waals surface area (Å²) in [5.74, 6) is 0. The Bertz CT molecular complexity index is 6.00. The van der Waals surface area contributed by atoms with E-state index in [9.17, 15) is 0 Å². The molecule has 2 heteroatoms. The molecule has 0 aliphatic heterocycles. The second-order valence-electron chi connectivity index (χ2n) is 0.707. The molecule has 0 rings (SSSR count). The van der Waals surface area contributed by atoms with Crippen molar-refractivity contribution in [3.63, 3.8) is 0 Å². The Morgan fingerprint density at radius 3 is 1.25 bits per heavy atom. The van der Waals surface area contributed by atoms with Gasteiger partial charge in [0.1, 0.15) is 0 Å². The van der Waals surface area contributed by atoms with Gasteiger partial charge in [-0.25, -0.2) is 0 Å². The molecule has 0 aliphatic carbocycles. The van der Waals surface area contributed by atoms with Crippen LogP contribution in [0.4, 0.5) is 0 Å². The number of hydrogen-bond donors (Lipinski definition) is 0. The average Bonchev–Trinajstić information content (AvgIpc) is 0.918. The molecule has 0 aromatic heterocycles. The van der Waals surface area contributed by atoms with Crippen LogP contribution >= 0.6 is 0 Å². The average molecular weight is 200 g/mol. The van der Waals surface area contributed by atoms with Gasteiger partial charge >= 0.3 is 0 Å². The van der Waals surface area contributed by atoms with Gasteiger partial charge in [0.2, 0.25) is 0 Å². The summed E-state index contributed by atoms with van der Waals surface area (Å²) in [6.45, 7) is 4.53. The van der Waals surface area contributed by atoms with Crippen molar-refractivity contribution in [2.75, 3.05) is 0 Å². The summed E-state index contributed by atoms with van der Waals surface area (Å²) in [5.41, 5.74) is 0. The van der Waals surface area contributed by atoms with Crippen LogP contribution < -0.4 is 0 Å². The van der Waals surface area contributed by atoms with Gasteiger partial charge in [-0.2, -0.15) is 0 Å². The molecule has 0 atom stereocenters. The minimum absolute atomic E-state index is 0. The molecule has 0 saturated heterocycles. The van der Waals surface area contributed by atoms with Gasteiger partial charge in [0.05, 0.1) is 0 Å². The topological polar surface area (TPSA) is 0 Å². The zero-order chi connectivity index (χ0) is 2.71. The molecule has 0 unspecified atom stereocenters. The molecule has 0 aromatic carbocycles. The van der Waals surface area contributed by atoms with Gasteiger partial charge in [0.25, 0.3) is 0 Å². The van der Waals surface area contributed by atoms with E-state index < -0.39 is 0 Å². The molecule has 0 saturated carbocycles.